The van der Waals surface area contributed by atoms with Crippen LogP contribution in [0.1, 0.15) is 24.0 Å². The van der Waals surface area contributed by atoms with Crippen molar-refractivity contribution in [2.24, 2.45) is 11.8 Å². The molecule has 2 fully saturated rings. The number of rotatable bonds is 2. The molecule has 0 radical (unpaired) electrons. The number of hydrogen-bond acceptors (Lipinski definition) is 5. The summed E-state index contributed by atoms with van der Waals surface area (Å²) in [5.41, 5.74) is 2.78. The van der Waals surface area contributed by atoms with E-state index in [1.807, 2.05) is 13.0 Å². The summed E-state index contributed by atoms with van der Waals surface area (Å²) in [5, 5.41) is 10.4. The van der Waals surface area contributed by atoms with Gasteiger partial charge in [-0.05, 0) is 37.8 Å². The molecular formula is C15H17Cl2N5OS. The van der Waals surface area contributed by atoms with Crippen LogP contribution >= 0.6 is 36.2 Å². The van der Waals surface area contributed by atoms with E-state index in [1.54, 1.807) is 6.20 Å². The smallest absolute Gasteiger partial charge is 0.268 e. The molecule has 3 atom stereocenters. The zero-order chi connectivity index (χ0) is 14.8. The van der Waals surface area contributed by atoms with Crippen LogP contribution in [0.5, 0.6) is 0 Å². The number of fused-ring (bicyclic) bond motifs is 2. The number of H-pyrrole nitrogens is 2. The first-order chi connectivity index (χ1) is 10.7. The Morgan fingerprint density at radius 2 is 2.17 bits per heavy atom. The van der Waals surface area contributed by atoms with Crippen molar-refractivity contribution in [3.63, 3.8) is 0 Å². The third kappa shape index (κ3) is 2.56. The lowest BCUT2D eigenvalue weighted by molar-refractivity contribution is 0.532. The number of piperidine rings is 1. The van der Waals surface area contributed by atoms with Gasteiger partial charge in [-0.25, -0.2) is 4.98 Å². The molecule has 1 aliphatic carbocycles. The summed E-state index contributed by atoms with van der Waals surface area (Å²) in [6.07, 6.45) is 3.05. The van der Waals surface area contributed by atoms with E-state index in [2.05, 4.69) is 20.5 Å². The van der Waals surface area contributed by atoms with Crippen molar-refractivity contribution in [2.75, 3.05) is 6.54 Å². The summed E-state index contributed by atoms with van der Waals surface area (Å²) in [6.45, 7) is 3.02. The van der Waals surface area contributed by atoms with E-state index in [1.165, 1.54) is 17.8 Å². The molecule has 0 aromatic carbocycles. The highest BCUT2D eigenvalue weighted by Gasteiger charge is 2.49. The Labute approximate surface area is 154 Å². The van der Waals surface area contributed by atoms with Gasteiger partial charge in [-0.2, -0.15) is 5.10 Å². The van der Waals surface area contributed by atoms with E-state index in [0.29, 0.717) is 10.6 Å². The molecule has 24 heavy (non-hydrogen) atoms. The Morgan fingerprint density at radius 3 is 2.79 bits per heavy atom. The molecule has 3 aromatic heterocycles. The Bertz CT molecular complexity index is 949. The second-order valence-electron chi connectivity index (χ2n) is 6.23. The fourth-order valence-corrected chi connectivity index (χ4v) is 4.54. The number of aryl methyl sites for hydroxylation is 1. The largest absolute Gasteiger partial charge is 0.308 e. The first-order valence-electron chi connectivity index (χ1n) is 7.48. The number of halogens is 2. The molecular weight excluding hydrogens is 369 g/mol. The van der Waals surface area contributed by atoms with Crippen molar-refractivity contribution in [2.45, 2.75) is 19.4 Å². The van der Waals surface area contributed by atoms with Crippen LogP contribution in [0.2, 0.25) is 0 Å². The van der Waals surface area contributed by atoms with Crippen molar-refractivity contribution in [1.29, 1.82) is 0 Å². The lowest BCUT2D eigenvalue weighted by Crippen LogP contribution is -2.23. The second-order valence-corrected chi connectivity index (χ2v) is 7.28. The number of aromatic amines is 2. The summed E-state index contributed by atoms with van der Waals surface area (Å²) >= 11 is 1.47. The third-order valence-electron chi connectivity index (χ3n) is 4.80. The minimum atomic E-state index is -0.0386. The molecule has 128 valence electrons. The summed E-state index contributed by atoms with van der Waals surface area (Å²) in [6, 6.07) is 2.21. The van der Waals surface area contributed by atoms with E-state index in [4.69, 9.17) is 4.98 Å². The van der Waals surface area contributed by atoms with Crippen LogP contribution in [0.4, 0.5) is 0 Å². The fraction of sp³-hybridized carbons (Fsp3) is 0.400. The van der Waals surface area contributed by atoms with E-state index in [-0.39, 0.29) is 36.4 Å². The molecule has 1 saturated heterocycles. The maximum Gasteiger partial charge on any atom is 0.268 e. The third-order valence-corrected chi connectivity index (χ3v) is 5.95. The summed E-state index contributed by atoms with van der Waals surface area (Å²) in [4.78, 5) is 21.1. The van der Waals surface area contributed by atoms with E-state index in [0.717, 1.165) is 39.9 Å². The van der Waals surface area contributed by atoms with Crippen molar-refractivity contribution < 1.29 is 0 Å². The predicted molar refractivity (Wildman–Crippen MR) is 99.4 cm³/mol. The zero-order valence-corrected chi connectivity index (χ0v) is 15.3. The number of hydrogen-bond donors (Lipinski definition) is 3. The SMILES string of the molecule is Cc1[nH]ncc1-c1cc2nc([C@H]3NC[C@@H]4C[C@@H]43)[nH]c(=O)c2s1.Cl.Cl. The van der Waals surface area contributed by atoms with Gasteiger partial charge in [0.05, 0.1) is 17.8 Å². The average Bonchev–Trinajstić information content (AvgIpc) is 2.89. The lowest BCUT2D eigenvalue weighted by Gasteiger charge is -2.11. The maximum absolute atomic E-state index is 12.4. The first kappa shape index (κ1) is 17.4. The van der Waals surface area contributed by atoms with Crippen LogP contribution in [-0.2, 0) is 0 Å². The Kier molecular flexibility index (Phi) is 4.46. The normalized spacial score (nSPS) is 24.3. The average molecular weight is 386 g/mol. The number of nitrogens with zero attached hydrogens (tertiary/aromatic N) is 2. The number of thiophene rings is 1. The summed E-state index contributed by atoms with van der Waals surface area (Å²) in [7, 11) is 0. The second kappa shape index (κ2) is 6.15. The molecule has 4 heterocycles. The van der Waals surface area contributed by atoms with E-state index in [9.17, 15) is 4.79 Å². The van der Waals surface area contributed by atoms with Crippen LogP contribution in [0.25, 0.3) is 20.7 Å². The highest BCUT2D eigenvalue weighted by atomic mass is 35.5. The van der Waals surface area contributed by atoms with Gasteiger partial charge in [0, 0.05) is 16.1 Å². The topological polar surface area (TPSA) is 86.5 Å². The molecule has 0 unspecified atom stereocenters. The molecule has 6 nitrogen and oxygen atoms in total. The quantitative estimate of drug-likeness (QED) is 0.632. The van der Waals surface area contributed by atoms with E-state index >= 15 is 0 Å². The van der Waals surface area contributed by atoms with Gasteiger partial charge in [-0.15, -0.1) is 36.2 Å². The van der Waals surface area contributed by atoms with Crippen LogP contribution in [0, 0.1) is 18.8 Å². The number of aromatic nitrogens is 4. The summed E-state index contributed by atoms with van der Waals surface area (Å²) in [5.74, 6) is 2.21. The Hall–Kier alpha value is -1.41. The maximum atomic E-state index is 12.4. The molecule has 1 aliphatic heterocycles. The van der Waals surface area contributed by atoms with Crippen molar-refractivity contribution in [3.8, 4) is 10.4 Å². The molecule has 0 spiro atoms. The highest BCUT2D eigenvalue weighted by molar-refractivity contribution is 7.22. The molecule has 9 heteroatoms. The molecule has 5 rings (SSSR count). The van der Waals surface area contributed by atoms with Crippen molar-refractivity contribution in [3.05, 3.63) is 34.1 Å². The Balaban J connectivity index is 0.000000845. The van der Waals surface area contributed by atoms with Gasteiger partial charge in [-0.1, -0.05) is 0 Å². The van der Waals surface area contributed by atoms with Crippen molar-refractivity contribution in [1.82, 2.24) is 25.5 Å². The first-order valence-corrected chi connectivity index (χ1v) is 8.30. The molecule has 2 aliphatic rings. The van der Waals surface area contributed by atoms with Gasteiger partial charge in [0.15, 0.2) is 0 Å². The van der Waals surface area contributed by atoms with Crippen LogP contribution in [0.3, 0.4) is 0 Å². The molecule has 3 aromatic rings. The minimum Gasteiger partial charge on any atom is -0.308 e. The predicted octanol–water partition coefficient (Wildman–Crippen LogP) is 2.81. The molecule has 1 saturated carbocycles. The highest BCUT2D eigenvalue weighted by Crippen LogP contribution is 2.50. The zero-order valence-electron chi connectivity index (χ0n) is 12.8. The molecule has 0 amide bonds. The minimum absolute atomic E-state index is 0. The number of nitrogens with one attached hydrogen (secondary N) is 3. The fourth-order valence-electron chi connectivity index (χ4n) is 3.48. The van der Waals surface area contributed by atoms with Gasteiger partial charge in [0.2, 0.25) is 0 Å². The van der Waals surface area contributed by atoms with Gasteiger partial charge < -0.3 is 10.3 Å². The van der Waals surface area contributed by atoms with Gasteiger partial charge in [0.25, 0.3) is 5.56 Å². The van der Waals surface area contributed by atoms with E-state index < -0.39 is 0 Å². The lowest BCUT2D eigenvalue weighted by atomic mass is 10.2. The van der Waals surface area contributed by atoms with Gasteiger partial charge in [-0.3, -0.25) is 9.89 Å². The van der Waals surface area contributed by atoms with Gasteiger partial charge >= 0.3 is 0 Å². The monoisotopic (exact) mass is 385 g/mol. The molecule has 0 bridgehead atoms. The van der Waals surface area contributed by atoms with Crippen LogP contribution in [0.15, 0.2) is 17.1 Å². The summed E-state index contributed by atoms with van der Waals surface area (Å²) < 4.78 is 0.685. The van der Waals surface area contributed by atoms with Gasteiger partial charge in [0.1, 0.15) is 10.5 Å². The van der Waals surface area contributed by atoms with Crippen molar-refractivity contribution >= 4 is 46.4 Å². The Morgan fingerprint density at radius 1 is 1.33 bits per heavy atom. The van der Waals surface area contributed by atoms with Crippen LogP contribution in [-0.4, -0.2) is 26.7 Å². The van der Waals surface area contributed by atoms with Crippen LogP contribution < -0.4 is 10.9 Å². The molecule has 3 N–H and O–H groups in total. The standard InChI is InChI=1S/C15H15N5OS.2ClH/c1-6-9(5-17-20-6)11-3-10-13(22-11)15(21)19-14(18-10)12-8-2-7(8)4-16-12;;/h3,5,7-8,12,16H,2,4H2,1H3,(H,17,20)(H,18,19,21);2*1H/t7-,8-,12-;;/m0../s1.